The molecule has 1 aromatic carbocycles. The number of carbonyl (C=O) groups is 1. The zero-order chi connectivity index (χ0) is 22.2. The number of aromatic nitrogens is 5. The maximum absolute atomic E-state index is 14.8. The Balaban J connectivity index is 1.52. The fraction of sp³-hybridized carbons (Fsp3) is 0.235. The number of hydrogen-bond donors (Lipinski definition) is 1. The summed E-state index contributed by atoms with van der Waals surface area (Å²) in [7, 11) is -1.74. The monoisotopic (exact) mass is 450 g/mol. The molecule has 0 spiro atoms. The molecule has 3 heterocycles. The molecule has 0 radical (unpaired) electrons. The number of hydrogen-bond acceptors (Lipinski definition) is 9. The first-order valence-corrected chi connectivity index (χ1v) is 10.3. The number of carbonyl (C=O) groups excluding carboxylic acids is 1. The van der Waals surface area contributed by atoms with E-state index in [1.807, 2.05) is 0 Å². The van der Waals surface area contributed by atoms with Crippen LogP contribution in [0.1, 0.15) is 0 Å². The van der Waals surface area contributed by atoms with Gasteiger partial charge in [-0.15, -0.1) is 10.2 Å². The minimum Gasteiger partial charge on any atom is -0.417 e. The third kappa shape index (κ3) is 4.44. The molecule has 1 amide bonds. The van der Waals surface area contributed by atoms with E-state index >= 15 is 0 Å². The predicted octanol–water partition coefficient (Wildman–Crippen LogP) is 2.12. The number of cyclic esters (lactones) is 1. The average molecular weight is 450 g/mol. The highest BCUT2D eigenvalue weighted by molar-refractivity contribution is 7.47. The van der Waals surface area contributed by atoms with Gasteiger partial charge in [0.15, 0.2) is 0 Å². The van der Waals surface area contributed by atoms with E-state index in [0.29, 0.717) is 17.1 Å². The van der Waals surface area contributed by atoms with Gasteiger partial charge >= 0.3 is 13.9 Å². The highest BCUT2D eigenvalue weighted by Gasteiger charge is 2.38. The standard InChI is InChI=1S/C17H16FN6O6P/c1-23-21-16(20-22-23)14-6-3-10(8-19-14)12-5-4-11(7-13(12)18)24-9-15(29-17(24)25)30-31(26,27)28-2/h3-8,15H,9H2,1-2H3,(H,26,27)/t15-/m1/s1. The van der Waals surface area contributed by atoms with Crippen molar-refractivity contribution < 1.29 is 32.4 Å². The van der Waals surface area contributed by atoms with Crippen molar-refractivity contribution in [3.05, 3.63) is 42.3 Å². The molecule has 1 N–H and O–H groups in total. The van der Waals surface area contributed by atoms with Gasteiger partial charge in [-0.25, -0.2) is 18.3 Å². The lowest BCUT2D eigenvalue weighted by Crippen LogP contribution is -2.25. The van der Waals surface area contributed by atoms with Crippen LogP contribution in [0.4, 0.5) is 14.9 Å². The molecule has 4 rings (SSSR count). The Morgan fingerprint density at radius 2 is 2.13 bits per heavy atom. The van der Waals surface area contributed by atoms with Crippen LogP contribution in [0.2, 0.25) is 0 Å². The first-order chi connectivity index (χ1) is 14.8. The van der Waals surface area contributed by atoms with E-state index in [1.165, 1.54) is 23.1 Å². The van der Waals surface area contributed by atoms with Crippen molar-refractivity contribution in [1.29, 1.82) is 0 Å². The average Bonchev–Trinajstić information content (AvgIpc) is 3.33. The maximum Gasteiger partial charge on any atom is 0.475 e. The Hall–Kier alpha value is -3.25. The second kappa shape index (κ2) is 8.12. The fourth-order valence-corrected chi connectivity index (χ4v) is 3.37. The van der Waals surface area contributed by atoms with E-state index in [-0.39, 0.29) is 17.8 Å². The van der Waals surface area contributed by atoms with E-state index in [9.17, 15) is 18.6 Å². The SMILES string of the molecule is COP(=O)(O)O[C@@H]1CN(c2ccc(-c3ccc(-c4nnn(C)n4)nc3)c(F)c2)C(=O)O1. The van der Waals surface area contributed by atoms with Crippen molar-refractivity contribution in [2.75, 3.05) is 18.6 Å². The topological polar surface area (TPSA) is 142 Å². The van der Waals surface area contributed by atoms with Crippen LogP contribution in [0.5, 0.6) is 0 Å². The Labute approximate surface area is 174 Å². The maximum atomic E-state index is 14.8. The van der Waals surface area contributed by atoms with Crippen molar-refractivity contribution >= 4 is 19.6 Å². The van der Waals surface area contributed by atoms with E-state index in [1.54, 1.807) is 19.2 Å². The number of pyridine rings is 1. The van der Waals surface area contributed by atoms with Gasteiger partial charge in [-0.1, -0.05) is 6.07 Å². The molecule has 1 saturated heterocycles. The van der Waals surface area contributed by atoms with E-state index in [2.05, 4.69) is 24.9 Å². The van der Waals surface area contributed by atoms with Crippen LogP contribution in [0.3, 0.4) is 0 Å². The molecular weight excluding hydrogens is 434 g/mol. The largest absolute Gasteiger partial charge is 0.475 e. The summed E-state index contributed by atoms with van der Waals surface area (Å²) in [5.41, 5.74) is 1.44. The quantitative estimate of drug-likeness (QED) is 0.555. The Bertz CT molecular complexity index is 1170. The van der Waals surface area contributed by atoms with Crippen molar-refractivity contribution in [3.63, 3.8) is 0 Å². The first-order valence-electron chi connectivity index (χ1n) is 8.81. The number of aryl methyl sites for hydroxylation is 1. The third-order valence-corrected chi connectivity index (χ3v) is 5.31. The lowest BCUT2D eigenvalue weighted by atomic mass is 10.1. The van der Waals surface area contributed by atoms with Crippen LogP contribution < -0.4 is 4.90 Å². The van der Waals surface area contributed by atoms with Crippen LogP contribution in [0.25, 0.3) is 22.6 Å². The summed E-state index contributed by atoms with van der Waals surface area (Å²) in [5, 5.41) is 11.7. The first kappa shape index (κ1) is 21.0. The molecule has 2 aromatic heterocycles. The normalized spacial score (nSPS) is 18.1. The Morgan fingerprint density at radius 3 is 2.74 bits per heavy atom. The van der Waals surface area contributed by atoms with Crippen LogP contribution in [-0.4, -0.2) is 56.1 Å². The second-order valence-corrected chi connectivity index (χ2v) is 7.89. The number of phosphoric acid groups is 1. The second-order valence-electron chi connectivity index (χ2n) is 6.38. The molecular formula is C17H16FN6O6P. The third-order valence-electron chi connectivity index (χ3n) is 4.34. The lowest BCUT2D eigenvalue weighted by molar-refractivity contribution is -0.0171. The highest BCUT2D eigenvalue weighted by Crippen LogP contribution is 2.44. The van der Waals surface area contributed by atoms with Gasteiger partial charge in [0, 0.05) is 24.4 Å². The smallest absolute Gasteiger partial charge is 0.417 e. The highest BCUT2D eigenvalue weighted by atomic mass is 31.2. The molecule has 2 atom stereocenters. The fourth-order valence-electron chi connectivity index (χ4n) is 2.87. The van der Waals surface area contributed by atoms with Gasteiger partial charge in [0.25, 0.3) is 0 Å². The number of ether oxygens (including phenoxy) is 1. The molecule has 1 aliphatic rings. The summed E-state index contributed by atoms with van der Waals surface area (Å²) in [6.45, 7) is -0.215. The summed E-state index contributed by atoms with van der Waals surface area (Å²) in [6.07, 6.45) is -0.713. The molecule has 14 heteroatoms. The van der Waals surface area contributed by atoms with Crippen LogP contribution in [0, 0.1) is 5.82 Å². The molecule has 162 valence electrons. The van der Waals surface area contributed by atoms with Gasteiger partial charge in [-0.3, -0.25) is 14.4 Å². The van der Waals surface area contributed by atoms with Crippen LogP contribution in [-0.2, 0) is 25.4 Å². The van der Waals surface area contributed by atoms with Crippen molar-refractivity contribution in [2.24, 2.45) is 7.05 Å². The summed E-state index contributed by atoms with van der Waals surface area (Å²) in [5.74, 6) is -0.262. The van der Waals surface area contributed by atoms with Crippen LogP contribution >= 0.6 is 7.82 Å². The van der Waals surface area contributed by atoms with Gasteiger partial charge < -0.3 is 9.63 Å². The van der Waals surface area contributed by atoms with E-state index in [0.717, 1.165) is 18.1 Å². The zero-order valence-electron chi connectivity index (χ0n) is 16.2. The Kier molecular flexibility index (Phi) is 5.50. The summed E-state index contributed by atoms with van der Waals surface area (Å²) in [4.78, 5) is 28.0. The van der Waals surface area contributed by atoms with Crippen LogP contribution in [0.15, 0.2) is 36.5 Å². The number of anilines is 1. The number of halogens is 1. The Morgan fingerprint density at radius 1 is 1.32 bits per heavy atom. The summed E-state index contributed by atoms with van der Waals surface area (Å²) < 4.78 is 40.2. The molecule has 0 saturated carbocycles. The van der Waals surface area contributed by atoms with Gasteiger partial charge in [-0.2, -0.15) is 4.80 Å². The van der Waals surface area contributed by atoms with E-state index in [4.69, 9.17) is 9.26 Å². The van der Waals surface area contributed by atoms with Gasteiger partial charge in [0.2, 0.25) is 12.1 Å². The van der Waals surface area contributed by atoms with Gasteiger partial charge in [-0.05, 0) is 29.5 Å². The number of phosphoric ester groups is 1. The molecule has 1 unspecified atom stereocenters. The van der Waals surface area contributed by atoms with Crippen molar-refractivity contribution in [2.45, 2.75) is 6.29 Å². The number of benzene rings is 1. The molecule has 0 bridgehead atoms. The summed E-state index contributed by atoms with van der Waals surface area (Å²) in [6, 6.07) is 7.44. The number of rotatable bonds is 6. The number of tetrazole rings is 1. The molecule has 3 aromatic rings. The van der Waals surface area contributed by atoms with Crippen molar-refractivity contribution in [3.8, 4) is 22.6 Å². The zero-order valence-corrected chi connectivity index (χ0v) is 17.1. The number of amides is 1. The minimum atomic E-state index is -4.35. The molecule has 1 fully saturated rings. The minimum absolute atomic E-state index is 0.191. The van der Waals surface area contributed by atoms with E-state index < -0.39 is 26.0 Å². The van der Waals surface area contributed by atoms with Gasteiger partial charge in [0.05, 0.1) is 19.3 Å². The molecule has 0 aliphatic carbocycles. The number of nitrogens with zero attached hydrogens (tertiary/aromatic N) is 6. The summed E-state index contributed by atoms with van der Waals surface area (Å²) >= 11 is 0. The lowest BCUT2D eigenvalue weighted by Gasteiger charge is -2.15. The van der Waals surface area contributed by atoms with Crippen molar-refractivity contribution in [1.82, 2.24) is 25.2 Å². The van der Waals surface area contributed by atoms with Gasteiger partial charge in [0.1, 0.15) is 11.5 Å². The molecule has 1 aliphatic heterocycles. The predicted molar refractivity (Wildman–Crippen MR) is 103 cm³/mol. The molecule has 31 heavy (non-hydrogen) atoms. The molecule has 12 nitrogen and oxygen atoms in total.